The molecule has 1 fully saturated rings. The molecular formula is C13H18BNO4. The zero-order valence-electron chi connectivity index (χ0n) is 11.9. The molecule has 0 spiro atoms. The third-order valence-corrected chi connectivity index (χ3v) is 3.81. The Kier molecular flexibility index (Phi) is 3.19. The lowest BCUT2D eigenvalue weighted by atomic mass is 9.82. The molecule has 6 heteroatoms. The van der Waals surface area contributed by atoms with Crippen LogP contribution < -0.4 is 5.59 Å². The van der Waals surface area contributed by atoms with Crippen LogP contribution in [0, 0.1) is 0 Å². The number of ketones is 1. The van der Waals surface area contributed by atoms with E-state index in [0.29, 0.717) is 0 Å². The molecule has 0 unspecified atom stereocenters. The maximum absolute atomic E-state index is 11.4. The first-order valence-corrected chi connectivity index (χ1v) is 6.20. The average molecular weight is 263 g/mol. The third-order valence-electron chi connectivity index (χ3n) is 3.81. The summed E-state index contributed by atoms with van der Waals surface area (Å²) in [4.78, 5) is 15.5. The Morgan fingerprint density at radius 3 is 2.26 bits per heavy atom. The molecule has 1 aliphatic rings. The van der Waals surface area contributed by atoms with Crippen molar-refractivity contribution in [2.45, 2.75) is 45.8 Å². The molecule has 1 aliphatic heterocycles. The summed E-state index contributed by atoms with van der Waals surface area (Å²) >= 11 is 0. The number of rotatable bonds is 2. The van der Waals surface area contributed by atoms with Crippen LogP contribution in [-0.4, -0.2) is 34.2 Å². The number of nitrogens with zero attached hydrogens (tertiary/aromatic N) is 1. The van der Waals surface area contributed by atoms with Gasteiger partial charge in [0.15, 0.2) is 5.78 Å². The molecule has 0 saturated carbocycles. The van der Waals surface area contributed by atoms with Crippen molar-refractivity contribution in [1.29, 1.82) is 0 Å². The molecule has 1 N–H and O–H groups in total. The van der Waals surface area contributed by atoms with Gasteiger partial charge < -0.3 is 14.4 Å². The zero-order chi connectivity index (χ0) is 14.4. The second kappa shape index (κ2) is 4.32. The van der Waals surface area contributed by atoms with Gasteiger partial charge in [-0.2, -0.15) is 0 Å². The summed E-state index contributed by atoms with van der Waals surface area (Å²) < 4.78 is 11.6. The summed E-state index contributed by atoms with van der Waals surface area (Å²) in [5, 5.41) is 10.1. The lowest BCUT2D eigenvalue weighted by Gasteiger charge is -2.32. The molecular weight excluding hydrogens is 245 g/mol. The number of pyridine rings is 1. The van der Waals surface area contributed by atoms with E-state index in [4.69, 9.17) is 9.31 Å². The van der Waals surface area contributed by atoms with Crippen LogP contribution in [0.15, 0.2) is 12.3 Å². The highest BCUT2D eigenvalue weighted by Crippen LogP contribution is 2.37. The molecule has 19 heavy (non-hydrogen) atoms. The van der Waals surface area contributed by atoms with Crippen LogP contribution in [-0.2, 0) is 9.31 Å². The van der Waals surface area contributed by atoms with E-state index in [1.807, 2.05) is 27.7 Å². The molecule has 2 heterocycles. The highest BCUT2D eigenvalue weighted by atomic mass is 16.7. The van der Waals surface area contributed by atoms with E-state index in [-0.39, 0.29) is 22.7 Å². The maximum atomic E-state index is 11.4. The summed E-state index contributed by atoms with van der Waals surface area (Å²) in [6.07, 6.45) is 1.47. The summed E-state index contributed by atoms with van der Waals surface area (Å²) in [5.41, 5.74) is -0.568. The van der Waals surface area contributed by atoms with Gasteiger partial charge in [0.05, 0.1) is 16.8 Å². The van der Waals surface area contributed by atoms with Gasteiger partial charge in [-0.1, -0.05) is 0 Å². The second-order valence-electron chi connectivity index (χ2n) is 5.74. The minimum absolute atomic E-state index is 0.173. The van der Waals surface area contributed by atoms with E-state index in [9.17, 15) is 9.90 Å². The number of Topliss-reactive ketones (excluding diaryl/α,β-unsaturated/α-hetero) is 1. The van der Waals surface area contributed by atoms with E-state index in [0.717, 1.165) is 0 Å². The molecule has 5 nitrogen and oxygen atoms in total. The number of carbonyl (C=O) groups excluding carboxylic acids is 1. The quantitative estimate of drug-likeness (QED) is 0.643. The van der Waals surface area contributed by atoms with Gasteiger partial charge in [0.25, 0.3) is 0 Å². The lowest BCUT2D eigenvalue weighted by Crippen LogP contribution is -2.41. The standard InChI is InChI=1S/C13H18BNO4/c1-8(16)9-6-7-15-11(10(9)17)14-18-12(2,3)13(4,5)19-14/h6-7,17H,1-5H3. The first-order valence-electron chi connectivity index (χ1n) is 6.20. The van der Waals surface area contributed by atoms with Crippen molar-refractivity contribution >= 4 is 18.5 Å². The van der Waals surface area contributed by atoms with E-state index in [2.05, 4.69) is 4.98 Å². The maximum Gasteiger partial charge on any atom is 0.518 e. The summed E-state index contributed by atoms with van der Waals surface area (Å²) in [7, 11) is -0.774. The van der Waals surface area contributed by atoms with Crippen molar-refractivity contribution in [2.24, 2.45) is 0 Å². The molecule has 0 aromatic carbocycles. The first-order chi connectivity index (χ1) is 8.66. The summed E-state index contributed by atoms with van der Waals surface area (Å²) in [5.74, 6) is -0.397. The molecule has 0 radical (unpaired) electrons. The van der Waals surface area contributed by atoms with Gasteiger partial charge in [-0.05, 0) is 40.7 Å². The lowest BCUT2D eigenvalue weighted by molar-refractivity contribution is 0.00578. The topological polar surface area (TPSA) is 68.7 Å². The zero-order valence-corrected chi connectivity index (χ0v) is 11.9. The smallest absolute Gasteiger partial charge is 0.506 e. The predicted molar refractivity (Wildman–Crippen MR) is 71.6 cm³/mol. The Morgan fingerprint density at radius 1 is 1.26 bits per heavy atom. The first kappa shape index (κ1) is 14.0. The minimum Gasteiger partial charge on any atom is -0.506 e. The molecule has 1 aromatic rings. The average Bonchev–Trinajstić information content (AvgIpc) is 2.47. The van der Waals surface area contributed by atoms with Crippen molar-refractivity contribution in [3.63, 3.8) is 0 Å². The normalized spacial score (nSPS) is 20.6. The molecule has 0 aliphatic carbocycles. The fourth-order valence-corrected chi connectivity index (χ4v) is 1.88. The van der Waals surface area contributed by atoms with Crippen LogP contribution in [0.5, 0.6) is 5.75 Å². The Morgan fingerprint density at radius 2 is 1.79 bits per heavy atom. The number of aromatic nitrogens is 1. The Hall–Kier alpha value is -1.40. The highest BCUT2D eigenvalue weighted by molar-refractivity contribution is 6.62. The predicted octanol–water partition coefficient (Wildman–Crippen LogP) is 1.29. The van der Waals surface area contributed by atoms with E-state index in [1.54, 1.807) is 0 Å². The fourth-order valence-electron chi connectivity index (χ4n) is 1.88. The van der Waals surface area contributed by atoms with Crippen LogP contribution >= 0.6 is 0 Å². The number of aromatic hydroxyl groups is 1. The van der Waals surface area contributed by atoms with Gasteiger partial charge in [0, 0.05) is 6.20 Å². The van der Waals surface area contributed by atoms with Crippen LogP contribution in [0.2, 0.25) is 0 Å². The molecule has 0 bridgehead atoms. The van der Waals surface area contributed by atoms with E-state index in [1.165, 1.54) is 19.2 Å². The number of hydrogen-bond acceptors (Lipinski definition) is 5. The Balaban J connectivity index is 2.40. The van der Waals surface area contributed by atoms with Crippen molar-refractivity contribution in [3.05, 3.63) is 17.8 Å². The van der Waals surface area contributed by atoms with E-state index >= 15 is 0 Å². The van der Waals surface area contributed by atoms with Gasteiger partial charge in [-0.25, -0.2) is 0 Å². The number of hydrogen-bond donors (Lipinski definition) is 1. The summed E-state index contributed by atoms with van der Waals surface area (Å²) in [6, 6.07) is 1.48. The van der Waals surface area contributed by atoms with Gasteiger partial charge in [0.2, 0.25) is 0 Å². The van der Waals surface area contributed by atoms with Crippen molar-refractivity contribution in [1.82, 2.24) is 4.98 Å². The largest absolute Gasteiger partial charge is 0.518 e. The monoisotopic (exact) mass is 263 g/mol. The van der Waals surface area contributed by atoms with Gasteiger partial charge in [-0.15, -0.1) is 0 Å². The van der Waals surface area contributed by atoms with Crippen LogP contribution in [0.4, 0.5) is 0 Å². The number of carbonyl (C=O) groups is 1. The van der Waals surface area contributed by atoms with Crippen molar-refractivity contribution in [3.8, 4) is 5.75 Å². The molecule has 2 rings (SSSR count). The Labute approximate surface area is 113 Å². The molecule has 1 aromatic heterocycles. The van der Waals surface area contributed by atoms with Crippen LogP contribution in [0.1, 0.15) is 45.0 Å². The van der Waals surface area contributed by atoms with Gasteiger partial charge >= 0.3 is 7.12 Å². The van der Waals surface area contributed by atoms with Gasteiger partial charge in [0.1, 0.15) is 11.3 Å². The van der Waals surface area contributed by atoms with Crippen molar-refractivity contribution < 1.29 is 19.2 Å². The SMILES string of the molecule is CC(=O)c1ccnc(B2OC(C)(C)C(C)(C)O2)c1O. The summed E-state index contributed by atoms with van der Waals surface area (Å²) in [6.45, 7) is 9.05. The van der Waals surface area contributed by atoms with Gasteiger partial charge in [-0.3, -0.25) is 9.78 Å². The molecule has 0 atom stereocenters. The van der Waals surface area contributed by atoms with Crippen LogP contribution in [0.25, 0.3) is 0 Å². The van der Waals surface area contributed by atoms with E-state index < -0.39 is 18.3 Å². The fraction of sp³-hybridized carbons (Fsp3) is 0.538. The Bertz CT molecular complexity index is 511. The molecule has 0 amide bonds. The molecule has 1 saturated heterocycles. The molecule has 102 valence electrons. The highest BCUT2D eigenvalue weighted by Gasteiger charge is 2.53. The minimum atomic E-state index is -0.774. The third kappa shape index (κ3) is 2.26. The van der Waals surface area contributed by atoms with Crippen molar-refractivity contribution in [2.75, 3.05) is 0 Å². The second-order valence-corrected chi connectivity index (χ2v) is 5.74. The van der Waals surface area contributed by atoms with Crippen LogP contribution in [0.3, 0.4) is 0 Å².